The maximum absolute atomic E-state index is 13.6. The Labute approximate surface area is 103 Å². The van der Waals surface area contributed by atoms with Crippen molar-refractivity contribution in [1.82, 2.24) is 0 Å². The number of benzene rings is 1. The normalized spacial score (nSPS) is 20.3. The predicted octanol–water partition coefficient (Wildman–Crippen LogP) is 1.26. The minimum atomic E-state index is -0.157. The zero-order chi connectivity index (χ0) is 12.4. The second kappa shape index (κ2) is 5.19. The quantitative estimate of drug-likeness (QED) is 0.567. The van der Waals surface area contributed by atoms with E-state index in [9.17, 15) is 4.39 Å². The lowest BCUT2D eigenvalue weighted by Gasteiger charge is -2.19. The van der Waals surface area contributed by atoms with Crippen molar-refractivity contribution in [1.29, 1.82) is 0 Å². The van der Waals surface area contributed by atoms with Crippen LogP contribution in [0.15, 0.2) is 12.1 Å². The lowest BCUT2D eigenvalue weighted by Crippen LogP contribution is -2.19. The Bertz CT molecular complexity index is 405. The smallest absolute Gasteiger partial charge is 0.139 e. The predicted molar refractivity (Wildman–Crippen MR) is 68.0 cm³/mol. The molecule has 0 saturated carbocycles. The molecule has 0 bridgehead atoms. The van der Waals surface area contributed by atoms with Crippen LogP contribution in [0.1, 0.15) is 30.6 Å². The molecule has 17 heavy (non-hydrogen) atoms. The van der Waals surface area contributed by atoms with Gasteiger partial charge in [-0.25, -0.2) is 4.39 Å². The van der Waals surface area contributed by atoms with Crippen molar-refractivity contribution in [2.75, 3.05) is 13.2 Å². The van der Waals surface area contributed by atoms with Gasteiger partial charge in [-0.1, -0.05) is 18.5 Å². The molecule has 92 valence electrons. The SMILES string of the molecule is Bc1cc(C)c(F)cc1[C@@H](CC)OC[C@H]1CO1. The number of halogens is 1. The van der Waals surface area contributed by atoms with Crippen LogP contribution >= 0.6 is 0 Å². The Hall–Kier alpha value is -0.865. The maximum Gasteiger partial charge on any atom is 0.139 e. The molecule has 0 aliphatic carbocycles. The summed E-state index contributed by atoms with van der Waals surface area (Å²) < 4.78 is 24.5. The van der Waals surface area contributed by atoms with Crippen LogP contribution in [0.3, 0.4) is 0 Å². The van der Waals surface area contributed by atoms with Gasteiger partial charge in [0.2, 0.25) is 0 Å². The molecule has 0 aromatic heterocycles. The van der Waals surface area contributed by atoms with E-state index in [0.717, 1.165) is 24.1 Å². The Morgan fingerprint density at radius 1 is 1.59 bits per heavy atom. The molecule has 2 atom stereocenters. The molecule has 1 heterocycles. The zero-order valence-electron chi connectivity index (χ0n) is 10.6. The van der Waals surface area contributed by atoms with Gasteiger partial charge in [0.1, 0.15) is 19.8 Å². The highest BCUT2D eigenvalue weighted by Crippen LogP contribution is 2.23. The van der Waals surface area contributed by atoms with Gasteiger partial charge in [0.05, 0.1) is 19.3 Å². The van der Waals surface area contributed by atoms with E-state index >= 15 is 0 Å². The molecule has 1 aromatic rings. The van der Waals surface area contributed by atoms with Gasteiger partial charge in [-0.3, -0.25) is 0 Å². The zero-order valence-corrected chi connectivity index (χ0v) is 10.6. The number of epoxide rings is 1. The van der Waals surface area contributed by atoms with Gasteiger partial charge < -0.3 is 9.47 Å². The summed E-state index contributed by atoms with van der Waals surface area (Å²) in [6.45, 7) is 5.23. The first-order valence-corrected chi connectivity index (χ1v) is 6.11. The second-order valence-electron chi connectivity index (χ2n) is 4.64. The van der Waals surface area contributed by atoms with Crippen LogP contribution in [0.4, 0.5) is 4.39 Å². The topological polar surface area (TPSA) is 21.8 Å². The number of hydrogen-bond acceptors (Lipinski definition) is 2. The van der Waals surface area contributed by atoms with Crippen molar-refractivity contribution in [3.05, 3.63) is 29.1 Å². The molecule has 1 fully saturated rings. The van der Waals surface area contributed by atoms with Gasteiger partial charge in [-0.15, -0.1) is 0 Å². The number of aryl methyl sites for hydroxylation is 1. The molecule has 1 saturated heterocycles. The Morgan fingerprint density at radius 2 is 2.29 bits per heavy atom. The van der Waals surface area contributed by atoms with Crippen molar-refractivity contribution in [2.45, 2.75) is 32.5 Å². The summed E-state index contributed by atoms with van der Waals surface area (Å²) >= 11 is 0. The third-order valence-corrected chi connectivity index (χ3v) is 3.15. The first-order chi connectivity index (χ1) is 8.11. The van der Waals surface area contributed by atoms with Crippen LogP contribution in [0.25, 0.3) is 0 Å². The molecular weight excluding hydrogens is 218 g/mol. The van der Waals surface area contributed by atoms with E-state index in [1.54, 1.807) is 13.0 Å². The number of ether oxygens (including phenoxy) is 2. The summed E-state index contributed by atoms with van der Waals surface area (Å²) in [4.78, 5) is 0. The van der Waals surface area contributed by atoms with Gasteiger partial charge in [-0.05, 0) is 30.5 Å². The van der Waals surface area contributed by atoms with Crippen LogP contribution in [0.2, 0.25) is 0 Å². The van der Waals surface area contributed by atoms with Crippen molar-refractivity contribution < 1.29 is 13.9 Å². The number of hydrogen-bond donors (Lipinski definition) is 0. The lowest BCUT2D eigenvalue weighted by atomic mass is 9.86. The van der Waals surface area contributed by atoms with E-state index in [-0.39, 0.29) is 18.0 Å². The van der Waals surface area contributed by atoms with E-state index in [1.807, 2.05) is 13.9 Å². The summed E-state index contributed by atoms with van der Waals surface area (Å²) in [6, 6.07) is 3.48. The Kier molecular flexibility index (Phi) is 3.84. The fourth-order valence-corrected chi connectivity index (χ4v) is 2.00. The van der Waals surface area contributed by atoms with E-state index in [0.29, 0.717) is 12.2 Å². The molecule has 1 aromatic carbocycles. The summed E-state index contributed by atoms with van der Waals surface area (Å²) in [6.07, 6.45) is 1.06. The summed E-state index contributed by atoms with van der Waals surface area (Å²) in [5.41, 5.74) is 2.73. The largest absolute Gasteiger partial charge is 0.371 e. The lowest BCUT2D eigenvalue weighted by molar-refractivity contribution is 0.0399. The Balaban J connectivity index is 2.13. The molecular formula is C13H18BFO2. The highest BCUT2D eigenvalue weighted by Gasteiger charge is 2.25. The minimum absolute atomic E-state index is 0.0331. The molecule has 2 nitrogen and oxygen atoms in total. The molecule has 0 unspecified atom stereocenters. The second-order valence-corrected chi connectivity index (χ2v) is 4.64. The van der Waals surface area contributed by atoms with Crippen LogP contribution in [-0.4, -0.2) is 27.2 Å². The monoisotopic (exact) mass is 236 g/mol. The van der Waals surface area contributed by atoms with E-state index in [1.165, 1.54) is 0 Å². The highest BCUT2D eigenvalue weighted by atomic mass is 19.1. The van der Waals surface area contributed by atoms with E-state index in [4.69, 9.17) is 9.47 Å². The average molecular weight is 236 g/mol. The molecule has 1 aliphatic heterocycles. The van der Waals surface area contributed by atoms with Gasteiger partial charge in [-0.2, -0.15) is 0 Å². The average Bonchev–Trinajstić information content (AvgIpc) is 3.09. The molecule has 2 rings (SSSR count). The third kappa shape index (κ3) is 3.08. The van der Waals surface area contributed by atoms with Crippen molar-refractivity contribution in [3.63, 3.8) is 0 Å². The van der Waals surface area contributed by atoms with E-state index < -0.39 is 0 Å². The van der Waals surface area contributed by atoms with Crippen molar-refractivity contribution >= 4 is 13.3 Å². The molecule has 0 N–H and O–H groups in total. The molecule has 0 spiro atoms. The fraction of sp³-hybridized carbons (Fsp3) is 0.538. The van der Waals surface area contributed by atoms with Crippen LogP contribution in [0, 0.1) is 12.7 Å². The van der Waals surface area contributed by atoms with Gasteiger partial charge >= 0.3 is 0 Å². The molecule has 0 amide bonds. The summed E-state index contributed by atoms with van der Waals surface area (Å²) in [5.74, 6) is -0.157. The van der Waals surface area contributed by atoms with Crippen LogP contribution in [0.5, 0.6) is 0 Å². The fourth-order valence-electron chi connectivity index (χ4n) is 2.00. The van der Waals surface area contributed by atoms with Crippen molar-refractivity contribution in [3.8, 4) is 0 Å². The van der Waals surface area contributed by atoms with Gasteiger partial charge in [0, 0.05) is 0 Å². The Morgan fingerprint density at radius 3 is 2.88 bits per heavy atom. The third-order valence-electron chi connectivity index (χ3n) is 3.15. The first kappa shape index (κ1) is 12.6. The summed E-state index contributed by atoms with van der Waals surface area (Å²) in [7, 11) is 2.00. The van der Waals surface area contributed by atoms with Gasteiger partial charge in [0.25, 0.3) is 0 Å². The summed E-state index contributed by atoms with van der Waals surface area (Å²) in [5, 5.41) is 0. The molecule has 0 radical (unpaired) electrons. The van der Waals surface area contributed by atoms with Crippen molar-refractivity contribution in [2.24, 2.45) is 0 Å². The first-order valence-electron chi connectivity index (χ1n) is 6.11. The maximum atomic E-state index is 13.6. The minimum Gasteiger partial charge on any atom is -0.371 e. The van der Waals surface area contributed by atoms with Crippen LogP contribution in [-0.2, 0) is 9.47 Å². The molecule has 4 heteroatoms. The van der Waals surface area contributed by atoms with Gasteiger partial charge in [0.15, 0.2) is 0 Å². The number of rotatable bonds is 5. The highest BCUT2D eigenvalue weighted by molar-refractivity contribution is 6.33. The molecule has 1 aliphatic rings. The standard InChI is InChI=1S/C13H18BFO2/c1-3-13(17-7-9-6-16-9)10-5-12(15)8(2)4-11(10)14/h4-5,9,13H,3,6-7,14H2,1-2H3/t9-,13-/m1/s1. The van der Waals surface area contributed by atoms with Crippen LogP contribution < -0.4 is 5.46 Å². The van der Waals surface area contributed by atoms with E-state index in [2.05, 4.69) is 6.92 Å².